The van der Waals surface area contributed by atoms with Gasteiger partial charge in [0.05, 0.1) is 24.2 Å². The molecule has 2 N–H and O–H groups in total. The average Bonchev–Trinajstić information content (AvgIpc) is 3.42. The van der Waals surface area contributed by atoms with E-state index in [2.05, 4.69) is 10.6 Å². The van der Waals surface area contributed by atoms with Crippen LogP contribution in [-0.2, 0) is 9.59 Å². The summed E-state index contributed by atoms with van der Waals surface area (Å²) in [7, 11) is 0. The maximum atomic E-state index is 13.1. The van der Waals surface area contributed by atoms with Crippen molar-refractivity contribution in [2.75, 3.05) is 16.8 Å². The van der Waals surface area contributed by atoms with E-state index in [9.17, 15) is 9.59 Å². The van der Waals surface area contributed by atoms with Gasteiger partial charge in [0.15, 0.2) is 5.78 Å². The Hall–Kier alpha value is -3.02. The molecule has 1 fully saturated rings. The van der Waals surface area contributed by atoms with E-state index in [0.717, 1.165) is 48.3 Å². The molecular formula is C24H27N3O3. The second-order valence-corrected chi connectivity index (χ2v) is 8.41. The quantitative estimate of drug-likeness (QED) is 0.792. The standard InChI is InChI=1S/C24H27N3O3/c28-20-12-5-10-18-23(20)24(21-13-6-14-30-21)27(19-11-4-3-9-17(19)26-18)15-22(29)25-16-7-1-2-8-16/h3-4,6,9,11,13-14,16,24,26H,1-2,5,7-8,10,12,15H2,(H,25,29)/t24-/m0/s1. The second-order valence-electron chi connectivity index (χ2n) is 8.41. The van der Waals surface area contributed by atoms with Crippen molar-refractivity contribution in [1.82, 2.24) is 5.32 Å². The van der Waals surface area contributed by atoms with E-state index >= 15 is 0 Å². The van der Waals surface area contributed by atoms with E-state index in [1.54, 1.807) is 6.26 Å². The molecule has 2 aromatic rings. The van der Waals surface area contributed by atoms with E-state index in [4.69, 9.17) is 4.42 Å². The van der Waals surface area contributed by atoms with Crippen LogP contribution in [0.15, 0.2) is 58.3 Å². The Morgan fingerprint density at radius 2 is 1.93 bits per heavy atom. The minimum atomic E-state index is -0.423. The minimum Gasteiger partial charge on any atom is -0.467 e. The van der Waals surface area contributed by atoms with Crippen molar-refractivity contribution in [2.24, 2.45) is 0 Å². The van der Waals surface area contributed by atoms with Crippen LogP contribution in [0.1, 0.15) is 56.7 Å². The summed E-state index contributed by atoms with van der Waals surface area (Å²) in [6.07, 6.45) is 8.22. The maximum Gasteiger partial charge on any atom is 0.239 e. The number of benzene rings is 1. The van der Waals surface area contributed by atoms with E-state index < -0.39 is 6.04 Å². The molecule has 0 spiro atoms. The van der Waals surface area contributed by atoms with Crippen LogP contribution >= 0.6 is 0 Å². The zero-order valence-corrected chi connectivity index (χ0v) is 17.0. The van der Waals surface area contributed by atoms with Crippen LogP contribution in [0.4, 0.5) is 11.4 Å². The normalized spacial score (nSPS) is 21.7. The summed E-state index contributed by atoms with van der Waals surface area (Å²) >= 11 is 0. The molecule has 0 unspecified atom stereocenters. The summed E-state index contributed by atoms with van der Waals surface area (Å²) in [5.41, 5.74) is 3.49. The Bertz CT molecular complexity index is 973. The molecule has 3 aliphatic rings. The first-order valence-electron chi connectivity index (χ1n) is 10.9. The number of para-hydroxylation sites is 2. The molecule has 1 saturated carbocycles. The minimum absolute atomic E-state index is 0.0134. The van der Waals surface area contributed by atoms with Gasteiger partial charge in [0.1, 0.15) is 11.8 Å². The van der Waals surface area contributed by atoms with Crippen molar-refractivity contribution >= 4 is 23.1 Å². The fourth-order valence-corrected chi connectivity index (χ4v) is 5.02. The molecule has 1 amide bonds. The molecule has 1 aromatic heterocycles. The number of ketones is 1. The predicted octanol–water partition coefficient (Wildman–Crippen LogP) is 4.32. The molecule has 2 aliphatic carbocycles. The van der Waals surface area contributed by atoms with Crippen molar-refractivity contribution in [1.29, 1.82) is 0 Å². The second kappa shape index (κ2) is 8.01. The first kappa shape index (κ1) is 19.0. The number of rotatable bonds is 4. The lowest BCUT2D eigenvalue weighted by Crippen LogP contribution is -2.43. The molecule has 1 atom stereocenters. The molecule has 0 radical (unpaired) electrons. The summed E-state index contributed by atoms with van der Waals surface area (Å²) in [5.74, 6) is 0.796. The fourth-order valence-electron chi connectivity index (χ4n) is 5.02. The summed E-state index contributed by atoms with van der Waals surface area (Å²) in [6, 6.07) is 11.5. The van der Waals surface area contributed by atoms with E-state index in [1.807, 2.05) is 41.3 Å². The van der Waals surface area contributed by atoms with E-state index in [-0.39, 0.29) is 24.3 Å². The van der Waals surface area contributed by atoms with Gasteiger partial charge in [-0.1, -0.05) is 25.0 Å². The van der Waals surface area contributed by atoms with Crippen LogP contribution in [0.5, 0.6) is 0 Å². The number of nitrogens with zero attached hydrogens (tertiary/aromatic N) is 1. The third-order valence-corrected chi connectivity index (χ3v) is 6.39. The van der Waals surface area contributed by atoms with Crippen LogP contribution in [0.25, 0.3) is 0 Å². The van der Waals surface area contributed by atoms with Gasteiger partial charge in [0.2, 0.25) is 5.91 Å². The third-order valence-electron chi connectivity index (χ3n) is 6.39. The highest BCUT2D eigenvalue weighted by Crippen LogP contribution is 2.44. The molecule has 0 bridgehead atoms. The largest absolute Gasteiger partial charge is 0.467 e. The van der Waals surface area contributed by atoms with Gasteiger partial charge in [-0.05, 0) is 49.9 Å². The lowest BCUT2D eigenvalue weighted by Gasteiger charge is -2.33. The molecule has 1 aromatic carbocycles. The Kier molecular flexibility index (Phi) is 5.07. The number of carbonyl (C=O) groups excluding carboxylic acids is 2. The zero-order chi connectivity index (χ0) is 20.5. The maximum absolute atomic E-state index is 13.1. The molecule has 1 aliphatic heterocycles. The third kappa shape index (κ3) is 3.51. The molecule has 6 heteroatoms. The molecular weight excluding hydrogens is 378 g/mol. The Morgan fingerprint density at radius 3 is 2.73 bits per heavy atom. The molecule has 6 nitrogen and oxygen atoms in total. The summed E-state index contributed by atoms with van der Waals surface area (Å²) in [5, 5.41) is 6.70. The van der Waals surface area contributed by atoms with Gasteiger partial charge in [-0.25, -0.2) is 0 Å². The van der Waals surface area contributed by atoms with Crippen LogP contribution in [0.2, 0.25) is 0 Å². The van der Waals surface area contributed by atoms with Gasteiger partial charge in [-0.2, -0.15) is 0 Å². The molecule has 0 saturated heterocycles. The van der Waals surface area contributed by atoms with Crippen LogP contribution in [-0.4, -0.2) is 24.3 Å². The number of hydrogen-bond donors (Lipinski definition) is 2. The smallest absolute Gasteiger partial charge is 0.239 e. The highest BCUT2D eigenvalue weighted by Gasteiger charge is 2.39. The first-order valence-corrected chi connectivity index (χ1v) is 10.9. The number of hydrogen-bond acceptors (Lipinski definition) is 5. The number of furan rings is 1. The van der Waals surface area contributed by atoms with Gasteiger partial charge in [-0.3, -0.25) is 9.59 Å². The molecule has 30 heavy (non-hydrogen) atoms. The molecule has 156 valence electrons. The average molecular weight is 405 g/mol. The SMILES string of the molecule is O=C(CN1c2ccccc2NC2=C(C(=O)CCC2)[C@@H]1c1ccco1)NC1CCCC1. The summed E-state index contributed by atoms with van der Waals surface area (Å²) in [6.45, 7) is 0.171. The summed E-state index contributed by atoms with van der Waals surface area (Å²) in [4.78, 5) is 28.1. The predicted molar refractivity (Wildman–Crippen MR) is 115 cm³/mol. The van der Waals surface area contributed by atoms with Gasteiger partial charge in [0, 0.05) is 23.7 Å². The molecule has 2 heterocycles. The number of anilines is 2. The van der Waals surface area contributed by atoms with Gasteiger partial charge >= 0.3 is 0 Å². The fraction of sp³-hybridized carbons (Fsp3) is 0.417. The van der Waals surface area contributed by atoms with Crippen molar-refractivity contribution in [3.8, 4) is 0 Å². The number of carbonyl (C=O) groups is 2. The van der Waals surface area contributed by atoms with Gasteiger partial charge in [0.25, 0.3) is 0 Å². The molecule has 5 rings (SSSR count). The van der Waals surface area contributed by atoms with Crippen LogP contribution < -0.4 is 15.5 Å². The number of allylic oxidation sites excluding steroid dienone is 1. The lowest BCUT2D eigenvalue weighted by molar-refractivity contribution is -0.121. The monoisotopic (exact) mass is 405 g/mol. The van der Waals surface area contributed by atoms with Crippen molar-refractivity contribution in [2.45, 2.75) is 57.0 Å². The first-order chi connectivity index (χ1) is 14.7. The van der Waals surface area contributed by atoms with Crippen LogP contribution in [0, 0.1) is 0 Å². The van der Waals surface area contributed by atoms with Crippen molar-refractivity contribution in [3.05, 3.63) is 59.7 Å². The lowest BCUT2D eigenvalue weighted by atomic mass is 9.88. The van der Waals surface area contributed by atoms with Crippen molar-refractivity contribution in [3.63, 3.8) is 0 Å². The zero-order valence-electron chi connectivity index (χ0n) is 17.0. The Labute approximate surface area is 176 Å². The van der Waals surface area contributed by atoms with Crippen molar-refractivity contribution < 1.29 is 14.0 Å². The Morgan fingerprint density at radius 1 is 1.10 bits per heavy atom. The van der Waals surface area contributed by atoms with Gasteiger partial charge in [-0.15, -0.1) is 0 Å². The highest BCUT2D eigenvalue weighted by atomic mass is 16.3. The summed E-state index contributed by atoms with van der Waals surface area (Å²) < 4.78 is 5.80. The van der Waals surface area contributed by atoms with E-state index in [0.29, 0.717) is 12.2 Å². The Balaban J connectivity index is 1.57. The van der Waals surface area contributed by atoms with Gasteiger partial charge < -0.3 is 20.0 Å². The number of Topliss-reactive ketones (excluding diaryl/α,β-unsaturated/α-hetero) is 1. The van der Waals surface area contributed by atoms with E-state index in [1.165, 1.54) is 12.8 Å². The highest BCUT2D eigenvalue weighted by molar-refractivity contribution is 6.01. The number of fused-ring (bicyclic) bond motifs is 1. The number of amides is 1. The number of nitrogens with one attached hydrogen (secondary N) is 2. The topological polar surface area (TPSA) is 74.6 Å². The van der Waals surface area contributed by atoms with Crippen LogP contribution in [0.3, 0.4) is 0 Å².